The van der Waals surface area contributed by atoms with E-state index in [1.807, 2.05) is 25.1 Å². The molecule has 4 N–H and O–H groups in total. The van der Waals surface area contributed by atoms with E-state index in [1.54, 1.807) is 30.9 Å². The van der Waals surface area contributed by atoms with Gasteiger partial charge >= 0.3 is 0 Å². The van der Waals surface area contributed by atoms with Crippen molar-refractivity contribution >= 4 is 38.9 Å². The van der Waals surface area contributed by atoms with Crippen LogP contribution in [0.25, 0.3) is 0 Å². The second kappa shape index (κ2) is 14.5. The lowest BCUT2D eigenvalue weighted by Crippen LogP contribution is -2.47. The fourth-order valence-electron chi connectivity index (χ4n) is 5.28. The number of nitrogens with two attached hydrogens (primary N) is 1. The number of para-hydroxylation sites is 1. The van der Waals surface area contributed by atoms with Crippen molar-refractivity contribution in [3.63, 3.8) is 0 Å². The summed E-state index contributed by atoms with van der Waals surface area (Å²) in [5.41, 5.74) is 9.88. The number of benzene rings is 3. The Bertz CT molecular complexity index is 1640. The van der Waals surface area contributed by atoms with Crippen LogP contribution in [0.15, 0.2) is 71.6 Å². The highest BCUT2D eigenvalue weighted by Crippen LogP contribution is 2.27. The lowest BCUT2D eigenvalue weighted by molar-refractivity contribution is -0.387. The highest BCUT2D eigenvalue weighted by Gasteiger charge is 2.33. The van der Waals surface area contributed by atoms with Crippen LogP contribution < -0.4 is 21.3 Å². The molecule has 0 saturated carbocycles. The Balaban J connectivity index is 1.39. The van der Waals surface area contributed by atoms with Crippen LogP contribution in [-0.2, 0) is 32.7 Å². The van der Waals surface area contributed by atoms with Gasteiger partial charge in [0.1, 0.15) is 0 Å². The van der Waals surface area contributed by atoms with Crippen LogP contribution in [0.1, 0.15) is 30.5 Å². The molecule has 240 valence electrons. The molecule has 0 unspecified atom stereocenters. The first-order valence-electron chi connectivity index (χ1n) is 14.6. The monoisotopic (exact) mass is 637 g/mol. The van der Waals surface area contributed by atoms with Crippen LogP contribution >= 0.6 is 0 Å². The van der Waals surface area contributed by atoms with Crippen LogP contribution in [0.2, 0.25) is 0 Å². The number of nitrogen functional groups attached to an aromatic ring is 1. The molecular formula is C31H39N7O6S. The molecule has 14 heteroatoms. The number of carbonyl (C=O) groups is 2. The number of hydrogen-bond acceptors (Lipinski definition) is 9. The van der Waals surface area contributed by atoms with Gasteiger partial charge in [-0.3, -0.25) is 24.6 Å². The molecular weight excluding hydrogens is 598 g/mol. The number of fused-ring (bicyclic) bond motifs is 1. The van der Waals surface area contributed by atoms with Gasteiger partial charge in [0, 0.05) is 49.7 Å². The molecule has 2 amide bonds. The molecule has 0 radical (unpaired) electrons. The first-order chi connectivity index (χ1) is 21.4. The molecule has 0 saturated heterocycles. The van der Waals surface area contributed by atoms with E-state index in [0.29, 0.717) is 18.0 Å². The number of nitro groups is 1. The van der Waals surface area contributed by atoms with Crippen molar-refractivity contribution in [1.82, 2.24) is 19.8 Å². The van der Waals surface area contributed by atoms with Gasteiger partial charge in [-0.05, 0) is 55.7 Å². The summed E-state index contributed by atoms with van der Waals surface area (Å²) in [7, 11) is -4.24. The van der Waals surface area contributed by atoms with E-state index in [2.05, 4.69) is 27.7 Å². The molecule has 4 rings (SSSR count). The third-order valence-electron chi connectivity index (χ3n) is 7.53. The average molecular weight is 638 g/mol. The molecule has 13 nitrogen and oxygen atoms in total. The molecule has 0 atom stereocenters. The van der Waals surface area contributed by atoms with Gasteiger partial charge in [-0.25, -0.2) is 8.42 Å². The van der Waals surface area contributed by atoms with E-state index in [1.165, 1.54) is 29.3 Å². The lowest BCUT2D eigenvalue weighted by atomic mass is 10.1. The number of nitro benzene ring substituents is 1. The molecule has 0 aliphatic carbocycles. The minimum Gasteiger partial charge on any atom is -0.399 e. The summed E-state index contributed by atoms with van der Waals surface area (Å²) >= 11 is 0. The van der Waals surface area contributed by atoms with Gasteiger partial charge in [-0.15, -0.1) is 0 Å². The lowest BCUT2D eigenvalue weighted by Gasteiger charge is -2.27. The Morgan fingerprint density at radius 1 is 0.978 bits per heavy atom. The van der Waals surface area contributed by atoms with Crippen LogP contribution in [-0.4, -0.2) is 73.3 Å². The van der Waals surface area contributed by atoms with Gasteiger partial charge in [0.05, 0.1) is 24.7 Å². The predicted molar refractivity (Wildman–Crippen MR) is 172 cm³/mol. The Morgan fingerprint density at radius 2 is 1.58 bits per heavy atom. The van der Waals surface area contributed by atoms with E-state index < -0.39 is 37.5 Å². The topological polar surface area (TPSA) is 171 Å². The summed E-state index contributed by atoms with van der Waals surface area (Å²) in [4.78, 5) is 40.3. The molecule has 3 aromatic rings. The molecule has 0 aromatic heterocycles. The quantitative estimate of drug-likeness (QED) is 0.137. The second-order valence-electron chi connectivity index (χ2n) is 11.2. The van der Waals surface area contributed by atoms with Gasteiger partial charge in [-0.1, -0.05) is 42.5 Å². The Morgan fingerprint density at radius 3 is 2.20 bits per heavy atom. The van der Waals surface area contributed by atoms with Crippen molar-refractivity contribution in [2.75, 3.05) is 43.5 Å². The molecule has 1 heterocycles. The third kappa shape index (κ3) is 8.35. The Labute approximate surface area is 263 Å². The minimum absolute atomic E-state index is 0.0532. The molecule has 1 aliphatic rings. The number of carbonyl (C=O) groups excluding carboxylic acids is 2. The Kier molecular flexibility index (Phi) is 10.8. The predicted octanol–water partition coefficient (Wildman–Crippen LogP) is 2.60. The maximum absolute atomic E-state index is 13.4. The van der Waals surface area contributed by atoms with Gasteiger partial charge in [0.25, 0.3) is 5.69 Å². The average Bonchev–Trinajstić information content (AvgIpc) is 3.42. The SMILES string of the molecule is Cc1ccc(N)cc1N(CC(=O)NCCN(C(C)C)S(=O)(=O)c1ccccc1[N+](=O)[O-])CC(=O)NCN1Cc2ccccc2C1. The molecule has 1 aliphatic heterocycles. The number of rotatable bonds is 14. The summed E-state index contributed by atoms with van der Waals surface area (Å²) in [6.45, 7) is 6.51. The first kappa shape index (κ1) is 33.4. The van der Waals surface area contributed by atoms with Crippen molar-refractivity contribution < 1.29 is 22.9 Å². The van der Waals surface area contributed by atoms with E-state index in [-0.39, 0.29) is 32.1 Å². The van der Waals surface area contributed by atoms with Crippen molar-refractivity contribution in [2.24, 2.45) is 0 Å². The number of nitrogens with one attached hydrogen (secondary N) is 2. The number of nitrogens with zero attached hydrogens (tertiary/aromatic N) is 4. The maximum atomic E-state index is 13.4. The summed E-state index contributed by atoms with van der Waals surface area (Å²) < 4.78 is 27.9. The zero-order chi connectivity index (χ0) is 32.7. The minimum atomic E-state index is -4.24. The number of aryl methyl sites for hydroxylation is 1. The van der Waals surface area contributed by atoms with Gasteiger partial charge in [0.2, 0.25) is 21.8 Å². The first-order valence-corrected chi connectivity index (χ1v) is 16.0. The van der Waals surface area contributed by atoms with Crippen molar-refractivity contribution in [3.8, 4) is 0 Å². The summed E-state index contributed by atoms with van der Waals surface area (Å²) in [6, 6.07) is 18.0. The van der Waals surface area contributed by atoms with Crippen molar-refractivity contribution in [2.45, 2.75) is 44.8 Å². The van der Waals surface area contributed by atoms with Crippen LogP contribution in [0.5, 0.6) is 0 Å². The van der Waals surface area contributed by atoms with E-state index in [9.17, 15) is 28.1 Å². The number of hydrogen-bond donors (Lipinski definition) is 3. The molecule has 0 bridgehead atoms. The smallest absolute Gasteiger partial charge is 0.289 e. The highest BCUT2D eigenvalue weighted by molar-refractivity contribution is 7.89. The van der Waals surface area contributed by atoms with E-state index in [4.69, 9.17) is 5.73 Å². The molecule has 0 spiro atoms. The van der Waals surface area contributed by atoms with Crippen LogP contribution in [0.4, 0.5) is 17.1 Å². The summed E-state index contributed by atoms with van der Waals surface area (Å²) in [6.07, 6.45) is 0. The second-order valence-corrected chi connectivity index (χ2v) is 13.1. The molecule has 45 heavy (non-hydrogen) atoms. The normalized spacial score (nSPS) is 13.1. The number of amides is 2. The number of anilines is 2. The summed E-state index contributed by atoms with van der Waals surface area (Å²) in [5.74, 6) is -0.714. The van der Waals surface area contributed by atoms with Crippen LogP contribution in [0.3, 0.4) is 0 Å². The fourth-order valence-corrected chi connectivity index (χ4v) is 7.08. The van der Waals surface area contributed by atoms with Gasteiger partial charge in [0.15, 0.2) is 4.90 Å². The fraction of sp³-hybridized carbons (Fsp3) is 0.355. The van der Waals surface area contributed by atoms with E-state index >= 15 is 0 Å². The maximum Gasteiger partial charge on any atom is 0.289 e. The Hall–Kier alpha value is -4.53. The summed E-state index contributed by atoms with van der Waals surface area (Å²) in [5, 5.41) is 17.2. The largest absolute Gasteiger partial charge is 0.399 e. The number of sulfonamides is 1. The van der Waals surface area contributed by atoms with Gasteiger partial charge in [-0.2, -0.15) is 4.31 Å². The van der Waals surface area contributed by atoms with Crippen molar-refractivity contribution in [1.29, 1.82) is 0 Å². The third-order valence-corrected chi connectivity index (χ3v) is 9.65. The molecule has 0 fully saturated rings. The zero-order valence-corrected chi connectivity index (χ0v) is 26.4. The van der Waals surface area contributed by atoms with Gasteiger partial charge < -0.3 is 21.3 Å². The van der Waals surface area contributed by atoms with Crippen LogP contribution in [0, 0.1) is 17.0 Å². The van der Waals surface area contributed by atoms with E-state index in [0.717, 1.165) is 29.0 Å². The molecule has 3 aromatic carbocycles. The highest BCUT2D eigenvalue weighted by atomic mass is 32.2. The standard InChI is InChI=1S/C31H39N7O6S/c1-22(2)37(45(43,44)29-11-7-6-10-27(29)38(41)42)15-14-33-30(39)19-36(28-16-26(32)13-12-23(28)3)20-31(40)34-21-35-17-24-8-4-5-9-25(24)18-35/h4-13,16,22H,14-15,17-21,32H2,1-3H3,(H,33,39)(H,34,40). The zero-order valence-electron chi connectivity index (χ0n) is 25.6. The van der Waals surface area contributed by atoms with Crippen molar-refractivity contribution in [3.05, 3.63) is 93.5 Å².